The minimum atomic E-state index is -3.78. The summed E-state index contributed by atoms with van der Waals surface area (Å²) in [7, 11) is -2.23. The summed E-state index contributed by atoms with van der Waals surface area (Å²) >= 11 is 6.19. The van der Waals surface area contributed by atoms with Crippen molar-refractivity contribution >= 4 is 33.1 Å². The van der Waals surface area contributed by atoms with Crippen molar-refractivity contribution in [2.75, 3.05) is 51.3 Å². The van der Waals surface area contributed by atoms with Gasteiger partial charge in [0.2, 0.25) is 15.9 Å². The predicted octanol–water partition coefficient (Wildman–Crippen LogP) is 4.72. The van der Waals surface area contributed by atoms with E-state index in [9.17, 15) is 8.42 Å². The minimum Gasteiger partial charge on any atom is -0.480 e. The first kappa shape index (κ1) is 29.9. The Bertz CT molecular complexity index is 1530. The molecule has 0 saturated carbocycles. The van der Waals surface area contributed by atoms with Gasteiger partial charge in [-0.1, -0.05) is 54.1 Å². The topological polar surface area (TPSA) is 105 Å². The molecule has 5 rings (SSSR count). The van der Waals surface area contributed by atoms with Gasteiger partial charge in [0.05, 0.1) is 18.0 Å². The van der Waals surface area contributed by atoms with Crippen molar-refractivity contribution in [2.45, 2.75) is 17.4 Å². The fraction of sp³-hybridized carbons (Fsp3) is 0.290. The number of halogens is 1. The number of anilines is 2. The maximum Gasteiger partial charge on any atom is 0.238 e. The Hall–Kier alpha value is -3.54. The number of nitrogens with zero attached hydrogens (tertiary/aromatic N) is 5. The number of ether oxygens (including phenoxy) is 1. The molecule has 3 aromatic carbocycles. The van der Waals surface area contributed by atoms with Crippen LogP contribution < -0.4 is 14.8 Å². The van der Waals surface area contributed by atoms with Crippen molar-refractivity contribution in [2.24, 2.45) is 5.14 Å². The number of primary sulfonamides is 1. The Morgan fingerprint density at radius 2 is 1.55 bits per heavy atom. The maximum absolute atomic E-state index is 11.8. The number of hydrogen-bond donors (Lipinski definition) is 1. The van der Waals surface area contributed by atoms with Crippen molar-refractivity contribution in [1.82, 2.24) is 20.0 Å². The maximum atomic E-state index is 11.8. The zero-order chi connectivity index (χ0) is 29.5. The molecule has 1 aliphatic heterocycles. The molecular weight excluding hydrogens is 572 g/mol. The van der Waals surface area contributed by atoms with E-state index in [0.29, 0.717) is 18.2 Å². The highest BCUT2D eigenvalue weighted by molar-refractivity contribution is 7.89. The number of nitrogens with two attached hydrogens (primary N) is 1. The predicted molar refractivity (Wildman–Crippen MR) is 166 cm³/mol. The molecule has 1 saturated heterocycles. The summed E-state index contributed by atoms with van der Waals surface area (Å²) < 4.78 is 28.7. The standard InChI is InChI=1S/C31H35ClN6O3S/c1-41-30-17-16-29(34-35-30)38(27-12-14-28(15-13-27)42(33,39)40)19-5-18-36-20-22-37(23-21-36)31(24-6-3-2-4-7-24)25-8-10-26(32)11-9-25/h2-4,6-17,31H,5,18-23H2,1H3,(H2,33,39,40)/t31-/m1/s1. The van der Waals surface area contributed by atoms with Crippen molar-refractivity contribution < 1.29 is 13.2 Å². The second-order valence-electron chi connectivity index (χ2n) is 10.2. The van der Waals surface area contributed by atoms with Crippen molar-refractivity contribution in [3.63, 3.8) is 0 Å². The zero-order valence-corrected chi connectivity index (χ0v) is 25.1. The fourth-order valence-electron chi connectivity index (χ4n) is 5.35. The molecule has 220 valence electrons. The first-order chi connectivity index (χ1) is 20.3. The number of aromatic nitrogens is 2. The Morgan fingerprint density at radius 3 is 2.14 bits per heavy atom. The third kappa shape index (κ3) is 7.45. The lowest BCUT2D eigenvalue weighted by molar-refractivity contribution is 0.109. The van der Waals surface area contributed by atoms with Crippen LogP contribution in [0.5, 0.6) is 5.88 Å². The molecule has 0 bridgehead atoms. The Labute approximate surface area is 252 Å². The molecule has 1 aliphatic rings. The number of rotatable bonds is 11. The number of sulfonamides is 1. The summed E-state index contributed by atoms with van der Waals surface area (Å²) in [6.45, 7) is 5.41. The SMILES string of the molecule is COc1ccc(N(CCCN2CCN([C@H](c3ccccc3)c3ccc(Cl)cc3)CC2)c2ccc(S(N)(=O)=O)cc2)nn1. The van der Waals surface area contributed by atoms with Gasteiger partial charge in [-0.05, 0) is 66.6 Å². The van der Waals surface area contributed by atoms with Crippen LogP contribution in [-0.2, 0) is 10.0 Å². The van der Waals surface area contributed by atoms with Crippen LogP contribution >= 0.6 is 11.6 Å². The van der Waals surface area contributed by atoms with Gasteiger partial charge in [-0.3, -0.25) is 4.90 Å². The van der Waals surface area contributed by atoms with Crippen molar-refractivity contribution in [3.8, 4) is 5.88 Å². The molecule has 4 aromatic rings. The lowest BCUT2D eigenvalue weighted by Gasteiger charge is -2.40. The van der Waals surface area contributed by atoms with Crippen LogP contribution in [0.25, 0.3) is 0 Å². The van der Waals surface area contributed by atoms with E-state index in [1.54, 1.807) is 25.3 Å². The van der Waals surface area contributed by atoms with Crippen LogP contribution in [0.4, 0.5) is 11.5 Å². The number of hydrogen-bond acceptors (Lipinski definition) is 8. The van der Waals surface area contributed by atoms with Gasteiger partial charge in [-0.25, -0.2) is 13.6 Å². The molecule has 2 heterocycles. The van der Waals surface area contributed by atoms with Crippen LogP contribution in [-0.4, -0.2) is 74.8 Å². The average Bonchev–Trinajstić information content (AvgIpc) is 3.01. The van der Waals surface area contributed by atoms with Crippen molar-refractivity contribution in [1.29, 1.82) is 0 Å². The van der Waals surface area contributed by atoms with Crippen LogP contribution in [0.1, 0.15) is 23.6 Å². The third-order valence-corrected chi connectivity index (χ3v) is 8.70. The highest BCUT2D eigenvalue weighted by Gasteiger charge is 2.26. The Morgan fingerprint density at radius 1 is 0.881 bits per heavy atom. The summed E-state index contributed by atoms with van der Waals surface area (Å²) in [5, 5.41) is 14.5. The lowest BCUT2D eigenvalue weighted by Crippen LogP contribution is -2.48. The lowest BCUT2D eigenvalue weighted by atomic mass is 9.96. The van der Waals surface area contributed by atoms with Gasteiger partial charge in [-0.2, -0.15) is 0 Å². The van der Waals surface area contributed by atoms with E-state index in [1.807, 2.05) is 23.1 Å². The number of piperazine rings is 1. The molecule has 11 heteroatoms. The normalized spacial score (nSPS) is 15.3. The summed E-state index contributed by atoms with van der Waals surface area (Å²) in [5.41, 5.74) is 3.32. The molecular formula is C31H35ClN6O3S. The van der Waals surface area contributed by atoms with Gasteiger partial charge in [-0.15, -0.1) is 10.2 Å². The van der Waals surface area contributed by atoms with Gasteiger partial charge in [0, 0.05) is 49.5 Å². The first-order valence-electron chi connectivity index (χ1n) is 13.9. The fourth-order valence-corrected chi connectivity index (χ4v) is 5.99. The largest absolute Gasteiger partial charge is 0.480 e. The second-order valence-corrected chi connectivity index (χ2v) is 12.2. The van der Waals surface area contributed by atoms with E-state index < -0.39 is 10.0 Å². The Kier molecular flexibility index (Phi) is 9.71. The first-order valence-corrected chi connectivity index (χ1v) is 15.8. The molecule has 0 unspecified atom stereocenters. The number of benzene rings is 3. The van der Waals surface area contributed by atoms with E-state index in [1.165, 1.54) is 23.3 Å². The Balaban J connectivity index is 1.24. The molecule has 2 N–H and O–H groups in total. The van der Waals surface area contributed by atoms with Gasteiger partial charge >= 0.3 is 0 Å². The van der Waals surface area contributed by atoms with E-state index in [4.69, 9.17) is 21.5 Å². The summed E-state index contributed by atoms with van der Waals surface area (Å²) in [5.74, 6) is 1.08. The van der Waals surface area contributed by atoms with Gasteiger partial charge in [0.1, 0.15) is 0 Å². The van der Waals surface area contributed by atoms with Crippen LogP contribution in [0, 0.1) is 0 Å². The molecule has 42 heavy (non-hydrogen) atoms. The van der Waals surface area contributed by atoms with Crippen LogP contribution in [0.15, 0.2) is 95.9 Å². The molecule has 0 aliphatic carbocycles. The van der Waals surface area contributed by atoms with Gasteiger partial charge in [0.15, 0.2) is 5.82 Å². The van der Waals surface area contributed by atoms with Crippen molar-refractivity contribution in [3.05, 3.63) is 107 Å². The van der Waals surface area contributed by atoms with E-state index in [2.05, 4.69) is 62.5 Å². The molecule has 1 aromatic heterocycles. The monoisotopic (exact) mass is 606 g/mol. The molecule has 1 atom stereocenters. The summed E-state index contributed by atoms with van der Waals surface area (Å²) in [6, 6.07) is 29.1. The van der Waals surface area contributed by atoms with Gasteiger partial charge < -0.3 is 14.5 Å². The second kappa shape index (κ2) is 13.6. The molecule has 0 amide bonds. The van der Waals surface area contributed by atoms with Crippen LogP contribution in [0.2, 0.25) is 5.02 Å². The quantitative estimate of drug-likeness (QED) is 0.261. The highest BCUT2D eigenvalue weighted by atomic mass is 35.5. The van der Waals surface area contributed by atoms with Gasteiger partial charge in [0.25, 0.3) is 0 Å². The molecule has 0 radical (unpaired) electrons. The molecule has 0 spiro atoms. The molecule has 1 fully saturated rings. The van der Waals surface area contributed by atoms with E-state index in [-0.39, 0.29) is 10.9 Å². The van der Waals surface area contributed by atoms with E-state index in [0.717, 1.165) is 49.9 Å². The van der Waals surface area contributed by atoms with E-state index >= 15 is 0 Å². The third-order valence-electron chi connectivity index (χ3n) is 7.52. The zero-order valence-electron chi connectivity index (χ0n) is 23.5. The minimum absolute atomic E-state index is 0.0669. The molecule has 9 nitrogen and oxygen atoms in total. The average molecular weight is 607 g/mol. The smallest absolute Gasteiger partial charge is 0.238 e. The van der Waals surface area contributed by atoms with Crippen LogP contribution in [0.3, 0.4) is 0 Å². The summed E-state index contributed by atoms with van der Waals surface area (Å²) in [4.78, 5) is 7.13. The summed E-state index contributed by atoms with van der Waals surface area (Å²) in [6.07, 6.45) is 0.879. The highest BCUT2D eigenvalue weighted by Crippen LogP contribution is 2.31. The number of methoxy groups -OCH3 is 1.